The summed E-state index contributed by atoms with van der Waals surface area (Å²) < 4.78 is 13.1. The van der Waals surface area contributed by atoms with Gasteiger partial charge in [-0.05, 0) is 44.2 Å². The summed E-state index contributed by atoms with van der Waals surface area (Å²) in [6, 6.07) is 12.8. The molecule has 0 bridgehead atoms. The van der Waals surface area contributed by atoms with Crippen LogP contribution in [0.25, 0.3) is 15.3 Å². The average Bonchev–Trinajstić information content (AvgIpc) is 3.39. The number of Topliss-reactive ketones (excluding diaryl/α,β-unsaturated/α-hetero) is 1. The molecule has 2 heterocycles. The molecule has 0 atom stereocenters. The zero-order valence-corrected chi connectivity index (χ0v) is 19.7. The van der Waals surface area contributed by atoms with Gasteiger partial charge in [0, 0.05) is 18.9 Å². The molecule has 0 fully saturated rings. The Kier molecular flexibility index (Phi) is 6.41. The van der Waals surface area contributed by atoms with E-state index in [0.29, 0.717) is 22.3 Å². The molecule has 0 unspecified atom stereocenters. The maximum Gasteiger partial charge on any atom is 0.225 e. The van der Waals surface area contributed by atoms with Crippen molar-refractivity contribution >= 4 is 39.1 Å². The smallest absolute Gasteiger partial charge is 0.225 e. The Morgan fingerprint density at radius 3 is 2.61 bits per heavy atom. The van der Waals surface area contributed by atoms with Gasteiger partial charge in [-0.1, -0.05) is 23.0 Å². The van der Waals surface area contributed by atoms with E-state index in [2.05, 4.69) is 15.4 Å². The number of fused-ring (bicyclic) bond motifs is 1. The third-order valence-corrected chi connectivity index (χ3v) is 6.09. The van der Waals surface area contributed by atoms with Gasteiger partial charge < -0.3 is 14.8 Å². The SMILES string of the molecule is COc1ccc2nc(-n3nc(C)cc3NC(=O)CCC(=O)c3cc(C)ccc3OC)sc2c1. The summed E-state index contributed by atoms with van der Waals surface area (Å²) in [4.78, 5) is 30.0. The third-order valence-electron chi connectivity index (χ3n) is 5.10. The van der Waals surface area contributed by atoms with Crippen LogP contribution in [-0.4, -0.2) is 40.7 Å². The van der Waals surface area contributed by atoms with Gasteiger partial charge in [-0.25, -0.2) is 4.98 Å². The summed E-state index contributed by atoms with van der Waals surface area (Å²) >= 11 is 1.45. The van der Waals surface area contributed by atoms with Crippen LogP contribution in [0.4, 0.5) is 5.82 Å². The number of rotatable bonds is 8. The molecule has 2 aromatic carbocycles. The van der Waals surface area contributed by atoms with Crippen molar-refractivity contribution in [2.45, 2.75) is 26.7 Å². The Morgan fingerprint density at radius 1 is 1.03 bits per heavy atom. The van der Waals surface area contributed by atoms with E-state index in [-0.39, 0.29) is 24.5 Å². The maximum absolute atomic E-state index is 12.7. The van der Waals surface area contributed by atoms with E-state index in [4.69, 9.17) is 9.47 Å². The van der Waals surface area contributed by atoms with Crippen LogP contribution in [-0.2, 0) is 4.79 Å². The van der Waals surface area contributed by atoms with Crippen molar-refractivity contribution in [1.82, 2.24) is 14.8 Å². The molecule has 4 aromatic rings. The van der Waals surface area contributed by atoms with Gasteiger partial charge in [-0.2, -0.15) is 9.78 Å². The number of carbonyl (C=O) groups excluding carboxylic acids is 2. The number of carbonyl (C=O) groups is 2. The molecule has 0 spiro atoms. The van der Waals surface area contributed by atoms with Gasteiger partial charge in [-0.3, -0.25) is 9.59 Å². The number of aryl methyl sites for hydroxylation is 2. The Morgan fingerprint density at radius 2 is 1.85 bits per heavy atom. The van der Waals surface area contributed by atoms with E-state index in [9.17, 15) is 9.59 Å². The molecule has 2 aromatic heterocycles. The molecule has 33 heavy (non-hydrogen) atoms. The minimum Gasteiger partial charge on any atom is -0.497 e. The van der Waals surface area contributed by atoms with E-state index >= 15 is 0 Å². The number of ether oxygens (including phenoxy) is 2. The second-order valence-corrected chi connectivity index (χ2v) is 8.60. The van der Waals surface area contributed by atoms with Crippen molar-refractivity contribution in [3.63, 3.8) is 0 Å². The first-order valence-corrected chi connectivity index (χ1v) is 11.2. The predicted molar refractivity (Wildman–Crippen MR) is 128 cm³/mol. The molecule has 0 saturated heterocycles. The highest BCUT2D eigenvalue weighted by Gasteiger charge is 2.17. The molecule has 170 valence electrons. The number of hydrogen-bond donors (Lipinski definition) is 1. The van der Waals surface area contributed by atoms with Gasteiger partial charge in [0.1, 0.15) is 17.3 Å². The number of aromatic nitrogens is 3. The molecule has 9 heteroatoms. The van der Waals surface area contributed by atoms with Crippen LogP contribution in [0.1, 0.15) is 34.5 Å². The van der Waals surface area contributed by atoms with Gasteiger partial charge in [0.05, 0.1) is 35.7 Å². The van der Waals surface area contributed by atoms with Crippen molar-refractivity contribution in [1.29, 1.82) is 0 Å². The van der Waals surface area contributed by atoms with Gasteiger partial charge >= 0.3 is 0 Å². The molecule has 8 nitrogen and oxygen atoms in total. The number of thiazole rings is 1. The van der Waals surface area contributed by atoms with E-state index in [1.807, 2.05) is 38.1 Å². The van der Waals surface area contributed by atoms with Crippen LogP contribution in [0.2, 0.25) is 0 Å². The monoisotopic (exact) mass is 464 g/mol. The Hall–Kier alpha value is -3.72. The van der Waals surface area contributed by atoms with Gasteiger partial charge in [-0.15, -0.1) is 0 Å². The number of methoxy groups -OCH3 is 2. The van der Waals surface area contributed by atoms with E-state index in [1.54, 1.807) is 30.0 Å². The second-order valence-electron chi connectivity index (χ2n) is 7.59. The largest absolute Gasteiger partial charge is 0.497 e. The molecule has 0 radical (unpaired) electrons. The summed E-state index contributed by atoms with van der Waals surface area (Å²) in [6.07, 6.45) is 0.108. The van der Waals surface area contributed by atoms with Crippen LogP contribution in [0.5, 0.6) is 11.5 Å². The number of benzene rings is 2. The first-order valence-electron chi connectivity index (χ1n) is 10.4. The molecule has 0 saturated carbocycles. The molecule has 0 aliphatic carbocycles. The van der Waals surface area contributed by atoms with Crippen molar-refractivity contribution < 1.29 is 19.1 Å². The van der Waals surface area contributed by atoms with Crippen molar-refractivity contribution in [2.24, 2.45) is 0 Å². The predicted octanol–water partition coefficient (Wildman–Crippen LogP) is 4.72. The Bertz CT molecular complexity index is 1340. The normalized spacial score (nSPS) is 10.9. The highest BCUT2D eigenvalue weighted by Crippen LogP contribution is 2.30. The Labute approximate surface area is 195 Å². The number of ketones is 1. The Balaban J connectivity index is 1.48. The lowest BCUT2D eigenvalue weighted by atomic mass is 10.0. The van der Waals surface area contributed by atoms with E-state index in [0.717, 1.165) is 27.2 Å². The molecule has 4 rings (SSSR count). The van der Waals surface area contributed by atoms with E-state index < -0.39 is 0 Å². The number of nitrogens with zero attached hydrogens (tertiary/aromatic N) is 3. The summed E-state index contributed by atoms with van der Waals surface area (Å²) in [5, 5.41) is 7.97. The number of hydrogen-bond acceptors (Lipinski definition) is 7. The number of amides is 1. The first-order chi connectivity index (χ1) is 15.9. The average molecular weight is 465 g/mol. The standard InChI is InChI=1S/C24H24N4O4S/c1-14-5-9-20(32-4)17(11-14)19(29)8-10-23(30)26-22-12-15(2)27-28(22)24-25-18-7-6-16(31-3)13-21(18)33-24/h5-7,9,11-13H,8,10H2,1-4H3,(H,26,30). The quantitative estimate of drug-likeness (QED) is 0.379. The fourth-order valence-corrected chi connectivity index (χ4v) is 4.41. The summed E-state index contributed by atoms with van der Waals surface area (Å²) in [5.74, 6) is 1.34. The van der Waals surface area contributed by atoms with Crippen LogP contribution in [0.15, 0.2) is 42.5 Å². The number of nitrogens with one attached hydrogen (secondary N) is 1. The van der Waals surface area contributed by atoms with Gasteiger partial charge in [0.15, 0.2) is 5.78 Å². The molecule has 1 N–H and O–H groups in total. The molecule has 0 aliphatic heterocycles. The van der Waals surface area contributed by atoms with Gasteiger partial charge in [0.2, 0.25) is 11.0 Å². The fraction of sp³-hybridized carbons (Fsp3) is 0.250. The maximum atomic E-state index is 12.7. The lowest BCUT2D eigenvalue weighted by Gasteiger charge is -2.09. The first kappa shape index (κ1) is 22.5. The lowest BCUT2D eigenvalue weighted by Crippen LogP contribution is -2.16. The summed E-state index contributed by atoms with van der Waals surface area (Å²) in [5.41, 5.74) is 2.99. The highest BCUT2D eigenvalue weighted by molar-refractivity contribution is 7.20. The van der Waals surface area contributed by atoms with Crippen LogP contribution in [0, 0.1) is 13.8 Å². The number of anilines is 1. The molecule has 0 aliphatic rings. The van der Waals surface area contributed by atoms with Crippen molar-refractivity contribution in [3.8, 4) is 16.6 Å². The van der Waals surface area contributed by atoms with E-state index in [1.165, 1.54) is 18.4 Å². The zero-order valence-electron chi connectivity index (χ0n) is 18.8. The lowest BCUT2D eigenvalue weighted by molar-refractivity contribution is -0.116. The van der Waals surface area contributed by atoms with Gasteiger partial charge in [0.25, 0.3) is 0 Å². The zero-order chi connectivity index (χ0) is 23.5. The van der Waals surface area contributed by atoms with Crippen LogP contribution >= 0.6 is 11.3 Å². The minimum atomic E-state index is -0.279. The van der Waals surface area contributed by atoms with Crippen molar-refractivity contribution in [3.05, 3.63) is 59.3 Å². The summed E-state index contributed by atoms with van der Waals surface area (Å²) in [6.45, 7) is 3.75. The van der Waals surface area contributed by atoms with Crippen LogP contribution in [0.3, 0.4) is 0 Å². The molecule has 1 amide bonds. The molecular weight excluding hydrogens is 440 g/mol. The highest BCUT2D eigenvalue weighted by atomic mass is 32.1. The second kappa shape index (κ2) is 9.41. The fourth-order valence-electron chi connectivity index (χ4n) is 3.45. The summed E-state index contributed by atoms with van der Waals surface area (Å²) in [7, 11) is 3.14. The van der Waals surface area contributed by atoms with Crippen molar-refractivity contribution in [2.75, 3.05) is 19.5 Å². The molecular formula is C24H24N4O4S. The topological polar surface area (TPSA) is 95.3 Å². The van der Waals surface area contributed by atoms with Crippen LogP contribution < -0.4 is 14.8 Å². The minimum absolute atomic E-state index is 0.0389. The third kappa shape index (κ3) is 4.88.